The fourth-order valence-electron chi connectivity index (χ4n) is 3.75. The molecule has 3 aliphatic rings. The molecule has 4 unspecified atom stereocenters. The van der Waals surface area contributed by atoms with Gasteiger partial charge in [-0.2, -0.15) is 0 Å². The normalized spacial score (nSPS) is 53.5. The smallest absolute Gasteiger partial charge is 0.0607 e. The van der Waals surface area contributed by atoms with Gasteiger partial charge in [0.25, 0.3) is 0 Å². The molecule has 4 bridgehead atoms. The van der Waals surface area contributed by atoms with Crippen LogP contribution >= 0.6 is 0 Å². The molecular formula is C12H18O. The zero-order chi connectivity index (χ0) is 8.84. The van der Waals surface area contributed by atoms with Gasteiger partial charge in [-0.3, -0.25) is 0 Å². The zero-order valence-electron chi connectivity index (χ0n) is 8.02. The van der Waals surface area contributed by atoms with Crippen LogP contribution in [0.3, 0.4) is 0 Å². The average molecular weight is 178 g/mol. The second kappa shape index (κ2) is 2.84. The SMILES string of the molecule is OC1C2CCCCC1C1C=CC2C1. The van der Waals surface area contributed by atoms with Crippen LogP contribution < -0.4 is 0 Å². The van der Waals surface area contributed by atoms with Gasteiger partial charge in [-0.05, 0) is 42.9 Å². The molecule has 2 saturated carbocycles. The van der Waals surface area contributed by atoms with Crippen LogP contribution in [0.15, 0.2) is 12.2 Å². The lowest BCUT2D eigenvalue weighted by Gasteiger charge is -2.38. The van der Waals surface area contributed by atoms with E-state index in [1.807, 2.05) is 0 Å². The number of allylic oxidation sites excluding steroid dienone is 2. The lowest BCUT2D eigenvalue weighted by Crippen LogP contribution is -2.39. The predicted molar refractivity (Wildman–Crippen MR) is 52.2 cm³/mol. The summed E-state index contributed by atoms with van der Waals surface area (Å²) < 4.78 is 0. The number of hydrogen-bond donors (Lipinski definition) is 1. The van der Waals surface area contributed by atoms with Gasteiger partial charge < -0.3 is 5.11 Å². The van der Waals surface area contributed by atoms with E-state index in [0.29, 0.717) is 23.7 Å². The lowest BCUT2D eigenvalue weighted by atomic mass is 9.70. The fourth-order valence-corrected chi connectivity index (χ4v) is 3.75. The molecule has 0 aliphatic heterocycles. The second-order valence-corrected chi connectivity index (χ2v) is 5.05. The number of aliphatic hydroxyl groups excluding tert-OH is 1. The van der Waals surface area contributed by atoms with Crippen LogP contribution in [-0.4, -0.2) is 11.2 Å². The Labute approximate surface area is 79.8 Å². The minimum atomic E-state index is 0.0150. The van der Waals surface area contributed by atoms with E-state index in [-0.39, 0.29) is 6.10 Å². The molecule has 0 aromatic carbocycles. The van der Waals surface area contributed by atoms with Crippen LogP contribution in [0.25, 0.3) is 0 Å². The number of rotatable bonds is 0. The molecule has 1 nitrogen and oxygen atoms in total. The Kier molecular flexibility index (Phi) is 1.76. The Morgan fingerprint density at radius 2 is 1.46 bits per heavy atom. The van der Waals surface area contributed by atoms with Gasteiger partial charge in [-0.15, -0.1) is 0 Å². The minimum Gasteiger partial charge on any atom is -0.393 e. The number of aliphatic hydroxyl groups is 1. The summed E-state index contributed by atoms with van der Waals surface area (Å²) in [5.74, 6) is 2.63. The van der Waals surface area contributed by atoms with Crippen molar-refractivity contribution in [3.8, 4) is 0 Å². The first-order valence-corrected chi connectivity index (χ1v) is 5.72. The third-order valence-electron chi connectivity index (χ3n) is 4.45. The molecule has 4 atom stereocenters. The van der Waals surface area contributed by atoms with Crippen molar-refractivity contribution in [2.75, 3.05) is 0 Å². The third-order valence-corrected chi connectivity index (χ3v) is 4.45. The third kappa shape index (κ3) is 1.10. The molecule has 0 saturated heterocycles. The Balaban J connectivity index is 1.95. The van der Waals surface area contributed by atoms with E-state index in [0.717, 1.165) is 0 Å². The maximum absolute atomic E-state index is 10.2. The summed E-state index contributed by atoms with van der Waals surface area (Å²) in [6, 6.07) is 0. The summed E-state index contributed by atoms with van der Waals surface area (Å²) in [5.41, 5.74) is 0. The Morgan fingerprint density at radius 1 is 0.923 bits per heavy atom. The molecule has 0 aromatic heterocycles. The van der Waals surface area contributed by atoms with Crippen LogP contribution in [-0.2, 0) is 0 Å². The monoisotopic (exact) mass is 178 g/mol. The summed E-state index contributed by atoms with van der Waals surface area (Å²) >= 11 is 0. The Morgan fingerprint density at radius 3 is 2.00 bits per heavy atom. The first-order chi connectivity index (χ1) is 6.36. The number of fused-ring (bicyclic) bond motifs is 6. The molecule has 3 rings (SSSR count). The summed E-state index contributed by atoms with van der Waals surface area (Å²) in [5, 5.41) is 10.2. The fraction of sp³-hybridized carbons (Fsp3) is 0.833. The standard InChI is InChI=1S/C12H18O/c13-12-10-3-1-2-4-11(12)9-6-5-8(10)7-9/h5-6,8-13H,1-4,7H2. The summed E-state index contributed by atoms with van der Waals surface area (Å²) in [6.07, 6.45) is 11.3. The highest BCUT2D eigenvalue weighted by molar-refractivity contribution is 5.12. The van der Waals surface area contributed by atoms with Crippen LogP contribution in [0.4, 0.5) is 0 Å². The molecule has 1 heteroatoms. The molecule has 1 N–H and O–H groups in total. The van der Waals surface area contributed by atoms with Gasteiger partial charge in [0.2, 0.25) is 0 Å². The van der Waals surface area contributed by atoms with Crippen molar-refractivity contribution in [3.63, 3.8) is 0 Å². The maximum atomic E-state index is 10.2. The summed E-state index contributed by atoms with van der Waals surface area (Å²) in [6.45, 7) is 0. The first-order valence-electron chi connectivity index (χ1n) is 5.72. The molecule has 0 aromatic rings. The van der Waals surface area contributed by atoms with E-state index in [2.05, 4.69) is 12.2 Å². The molecule has 13 heavy (non-hydrogen) atoms. The van der Waals surface area contributed by atoms with E-state index in [4.69, 9.17) is 0 Å². The van der Waals surface area contributed by atoms with Crippen molar-refractivity contribution >= 4 is 0 Å². The van der Waals surface area contributed by atoms with Crippen LogP contribution in [0, 0.1) is 23.7 Å². The predicted octanol–water partition coefficient (Wildman–Crippen LogP) is 2.36. The van der Waals surface area contributed by atoms with E-state index in [1.165, 1.54) is 32.1 Å². The van der Waals surface area contributed by atoms with Crippen molar-refractivity contribution in [3.05, 3.63) is 12.2 Å². The van der Waals surface area contributed by atoms with Gasteiger partial charge in [-0.1, -0.05) is 25.0 Å². The molecule has 0 amide bonds. The highest BCUT2D eigenvalue weighted by Crippen LogP contribution is 2.49. The van der Waals surface area contributed by atoms with Crippen molar-refractivity contribution in [2.24, 2.45) is 23.7 Å². The highest BCUT2D eigenvalue weighted by atomic mass is 16.3. The van der Waals surface area contributed by atoms with Crippen molar-refractivity contribution in [1.29, 1.82) is 0 Å². The average Bonchev–Trinajstić information content (AvgIpc) is 2.51. The Bertz CT molecular complexity index is 211. The van der Waals surface area contributed by atoms with Crippen LogP contribution in [0.5, 0.6) is 0 Å². The number of hydrogen-bond acceptors (Lipinski definition) is 1. The molecule has 0 spiro atoms. The van der Waals surface area contributed by atoms with Crippen molar-refractivity contribution < 1.29 is 5.11 Å². The van der Waals surface area contributed by atoms with Gasteiger partial charge in [0.05, 0.1) is 6.10 Å². The minimum absolute atomic E-state index is 0.0150. The van der Waals surface area contributed by atoms with Gasteiger partial charge in [0, 0.05) is 0 Å². The lowest BCUT2D eigenvalue weighted by molar-refractivity contribution is -0.0118. The van der Waals surface area contributed by atoms with E-state index >= 15 is 0 Å². The Hall–Kier alpha value is -0.300. The van der Waals surface area contributed by atoms with Crippen LogP contribution in [0.1, 0.15) is 32.1 Å². The van der Waals surface area contributed by atoms with Crippen molar-refractivity contribution in [1.82, 2.24) is 0 Å². The van der Waals surface area contributed by atoms with Gasteiger partial charge in [0.1, 0.15) is 0 Å². The molecule has 2 fully saturated rings. The van der Waals surface area contributed by atoms with E-state index < -0.39 is 0 Å². The van der Waals surface area contributed by atoms with E-state index in [1.54, 1.807) is 0 Å². The summed E-state index contributed by atoms with van der Waals surface area (Å²) in [4.78, 5) is 0. The van der Waals surface area contributed by atoms with Crippen molar-refractivity contribution in [2.45, 2.75) is 38.2 Å². The second-order valence-electron chi connectivity index (χ2n) is 5.05. The molecular weight excluding hydrogens is 160 g/mol. The van der Waals surface area contributed by atoms with Gasteiger partial charge in [-0.25, -0.2) is 0 Å². The molecule has 72 valence electrons. The summed E-state index contributed by atoms with van der Waals surface area (Å²) in [7, 11) is 0. The molecule has 3 aliphatic carbocycles. The molecule has 0 radical (unpaired) electrons. The van der Waals surface area contributed by atoms with Crippen LogP contribution in [0.2, 0.25) is 0 Å². The van der Waals surface area contributed by atoms with Gasteiger partial charge >= 0.3 is 0 Å². The zero-order valence-corrected chi connectivity index (χ0v) is 8.02. The largest absolute Gasteiger partial charge is 0.393 e. The molecule has 0 heterocycles. The first kappa shape index (κ1) is 8.05. The maximum Gasteiger partial charge on any atom is 0.0607 e. The topological polar surface area (TPSA) is 20.2 Å². The highest BCUT2D eigenvalue weighted by Gasteiger charge is 2.45. The van der Waals surface area contributed by atoms with Gasteiger partial charge in [0.15, 0.2) is 0 Å². The van der Waals surface area contributed by atoms with E-state index in [9.17, 15) is 5.11 Å². The quantitative estimate of drug-likeness (QED) is 0.565.